The number of unbranched alkanes of at least 4 members (excludes halogenated alkanes) is 2. The number of rotatable bonds is 13. The number of nitrogens with two attached hydrogens (primary N) is 1. The monoisotopic (exact) mass is 470 g/mol. The zero-order valence-corrected chi connectivity index (χ0v) is 19.8. The van der Waals surface area contributed by atoms with E-state index in [1.54, 1.807) is 12.1 Å². The summed E-state index contributed by atoms with van der Waals surface area (Å²) in [6.45, 7) is 4.56. The van der Waals surface area contributed by atoms with Crippen molar-refractivity contribution < 1.29 is 29.3 Å². The molecule has 0 fully saturated rings. The Morgan fingerprint density at radius 2 is 1.82 bits per heavy atom. The maximum absolute atomic E-state index is 12.1. The average molecular weight is 471 g/mol. The number of anilines is 1. The fraction of sp³-hybridized carbons (Fsp3) is 0.385. The molecule has 8 heteroatoms. The van der Waals surface area contributed by atoms with E-state index < -0.39 is 5.97 Å². The number of hydrogen-bond acceptors (Lipinski definition) is 7. The number of carbonyl (C=O) groups excluding carboxylic acids is 2. The highest BCUT2D eigenvalue weighted by Crippen LogP contribution is 2.27. The van der Waals surface area contributed by atoms with E-state index in [4.69, 9.17) is 15.2 Å². The Balaban J connectivity index is 1.72. The zero-order valence-electron chi connectivity index (χ0n) is 19.8. The summed E-state index contributed by atoms with van der Waals surface area (Å²) in [5, 5.41) is 22.3. The second-order valence-electron chi connectivity index (χ2n) is 8.25. The molecule has 5 N–H and O–H groups in total. The van der Waals surface area contributed by atoms with Crippen LogP contribution in [0, 0.1) is 5.92 Å². The molecule has 2 aromatic carbocycles. The minimum absolute atomic E-state index is 0.0218. The van der Waals surface area contributed by atoms with Crippen LogP contribution in [0.4, 0.5) is 5.69 Å². The molecule has 0 aromatic heterocycles. The Morgan fingerprint density at radius 1 is 1.06 bits per heavy atom. The van der Waals surface area contributed by atoms with Gasteiger partial charge < -0.3 is 30.7 Å². The summed E-state index contributed by atoms with van der Waals surface area (Å²) in [5.74, 6) is -0.0170. The van der Waals surface area contributed by atoms with Crippen molar-refractivity contribution in [3.05, 3.63) is 59.7 Å². The van der Waals surface area contributed by atoms with Gasteiger partial charge in [-0.25, -0.2) is 4.79 Å². The Bertz CT molecular complexity index is 987. The van der Waals surface area contributed by atoms with Gasteiger partial charge in [0.1, 0.15) is 19.0 Å². The smallest absolute Gasteiger partial charge is 0.338 e. The highest BCUT2D eigenvalue weighted by atomic mass is 16.6. The standard InChI is InChI=1S/C26H34N2O6/c1-18(2)7-5-3-4-6-8-25(31)28-17-19-9-11-23(30)24(15-19)33-13-14-34-26(32)20-10-12-22(29)21(27)16-20/h5,7,9-12,15-16,18,29-30H,3-4,6,8,13-14,17,27H2,1-2H3,(H,28,31)/b7-5+. The summed E-state index contributed by atoms with van der Waals surface area (Å²) >= 11 is 0. The number of esters is 1. The van der Waals surface area contributed by atoms with Crippen LogP contribution >= 0.6 is 0 Å². The number of ether oxygens (including phenoxy) is 2. The van der Waals surface area contributed by atoms with Crippen molar-refractivity contribution in [1.82, 2.24) is 5.32 Å². The first kappa shape index (κ1) is 26.6. The third kappa shape index (κ3) is 9.44. The SMILES string of the molecule is CC(C)/C=C/CCCCC(=O)NCc1ccc(O)c(OCCOC(=O)c2ccc(O)c(N)c2)c1. The lowest BCUT2D eigenvalue weighted by atomic mass is 10.1. The molecule has 0 spiro atoms. The molecule has 2 rings (SSSR count). The third-order valence-corrected chi connectivity index (χ3v) is 4.90. The molecule has 0 atom stereocenters. The maximum atomic E-state index is 12.1. The molecule has 0 bridgehead atoms. The number of carbonyl (C=O) groups is 2. The molecule has 0 heterocycles. The van der Waals surface area contributed by atoms with E-state index in [1.807, 2.05) is 0 Å². The average Bonchev–Trinajstić information content (AvgIpc) is 2.80. The number of allylic oxidation sites excluding steroid dienone is 2. The lowest BCUT2D eigenvalue weighted by molar-refractivity contribution is -0.121. The summed E-state index contributed by atoms with van der Waals surface area (Å²) < 4.78 is 10.6. The first-order valence-corrected chi connectivity index (χ1v) is 11.4. The number of phenolic OH excluding ortho intramolecular Hbond substituents is 2. The molecule has 0 unspecified atom stereocenters. The normalized spacial score (nSPS) is 11.0. The van der Waals surface area contributed by atoms with Crippen LogP contribution < -0.4 is 15.8 Å². The molecule has 2 aromatic rings. The number of hydrogen-bond donors (Lipinski definition) is 4. The molecule has 8 nitrogen and oxygen atoms in total. The van der Waals surface area contributed by atoms with Crippen molar-refractivity contribution >= 4 is 17.6 Å². The highest BCUT2D eigenvalue weighted by Gasteiger charge is 2.10. The first-order valence-electron chi connectivity index (χ1n) is 11.4. The number of aromatic hydroxyl groups is 2. The van der Waals surface area contributed by atoms with Crippen molar-refractivity contribution in [3.63, 3.8) is 0 Å². The predicted octanol–water partition coefficient (Wildman–Crippen LogP) is 4.30. The molecule has 0 aliphatic carbocycles. The van der Waals surface area contributed by atoms with Gasteiger partial charge in [0.2, 0.25) is 5.91 Å². The van der Waals surface area contributed by atoms with Gasteiger partial charge in [0, 0.05) is 13.0 Å². The van der Waals surface area contributed by atoms with E-state index in [0.29, 0.717) is 18.9 Å². The number of benzene rings is 2. The largest absolute Gasteiger partial charge is 0.506 e. The van der Waals surface area contributed by atoms with Crippen LogP contribution in [0.15, 0.2) is 48.6 Å². The van der Waals surface area contributed by atoms with E-state index in [1.165, 1.54) is 24.3 Å². The van der Waals surface area contributed by atoms with Gasteiger partial charge in [0.15, 0.2) is 11.5 Å². The third-order valence-electron chi connectivity index (χ3n) is 4.90. The van der Waals surface area contributed by atoms with Crippen LogP contribution in [0.25, 0.3) is 0 Å². The fourth-order valence-electron chi connectivity index (χ4n) is 3.04. The number of nitrogen functional groups attached to an aromatic ring is 1. The number of amides is 1. The summed E-state index contributed by atoms with van der Waals surface area (Å²) in [6.07, 6.45) is 7.56. The second kappa shape index (κ2) is 13.8. The van der Waals surface area contributed by atoms with E-state index >= 15 is 0 Å². The van der Waals surface area contributed by atoms with E-state index in [-0.39, 0.29) is 47.6 Å². The van der Waals surface area contributed by atoms with Gasteiger partial charge in [-0.1, -0.05) is 32.1 Å². The molecule has 0 saturated carbocycles. The molecule has 1 amide bonds. The first-order chi connectivity index (χ1) is 16.3. The van der Waals surface area contributed by atoms with Crippen LogP contribution in [0.5, 0.6) is 17.2 Å². The molecular weight excluding hydrogens is 436 g/mol. The summed E-state index contributed by atoms with van der Waals surface area (Å²) in [5.41, 5.74) is 6.64. The topological polar surface area (TPSA) is 131 Å². The quantitative estimate of drug-likeness (QED) is 0.113. The van der Waals surface area contributed by atoms with E-state index in [9.17, 15) is 19.8 Å². The summed E-state index contributed by atoms with van der Waals surface area (Å²) in [7, 11) is 0. The van der Waals surface area contributed by atoms with Crippen molar-refractivity contribution in [3.8, 4) is 17.2 Å². The Labute approximate surface area is 200 Å². The fourth-order valence-corrected chi connectivity index (χ4v) is 3.04. The molecule has 0 aliphatic heterocycles. The molecule has 0 radical (unpaired) electrons. The molecule has 0 saturated heterocycles. The minimum atomic E-state index is -0.605. The Morgan fingerprint density at radius 3 is 2.56 bits per heavy atom. The molecule has 34 heavy (non-hydrogen) atoms. The van der Waals surface area contributed by atoms with E-state index in [2.05, 4.69) is 31.3 Å². The van der Waals surface area contributed by atoms with Crippen LogP contribution in [-0.2, 0) is 16.1 Å². The van der Waals surface area contributed by atoms with Gasteiger partial charge in [-0.3, -0.25) is 4.79 Å². The Kier molecular flexibility index (Phi) is 10.8. The Hall–Kier alpha value is -3.68. The lowest BCUT2D eigenvalue weighted by Crippen LogP contribution is -2.22. The van der Waals surface area contributed by atoms with Crippen LogP contribution in [0.1, 0.15) is 55.5 Å². The van der Waals surface area contributed by atoms with Crippen LogP contribution in [-0.4, -0.2) is 35.3 Å². The van der Waals surface area contributed by atoms with Gasteiger partial charge in [0.05, 0.1) is 11.3 Å². The van der Waals surface area contributed by atoms with Crippen LogP contribution in [0.3, 0.4) is 0 Å². The van der Waals surface area contributed by atoms with Gasteiger partial charge in [-0.2, -0.15) is 0 Å². The zero-order chi connectivity index (χ0) is 24.9. The van der Waals surface area contributed by atoms with Crippen molar-refractivity contribution in [2.45, 2.75) is 46.1 Å². The van der Waals surface area contributed by atoms with Gasteiger partial charge in [-0.05, 0) is 61.1 Å². The summed E-state index contributed by atoms with van der Waals surface area (Å²) in [6, 6.07) is 8.87. The second-order valence-corrected chi connectivity index (χ2v) is 8.25. The van der Waals surface area contributed by atoms with Gasteiger partial charge in [0.25, 0.3) is 0 Å². The minimum Gasteiger partial charge on any atom is -0.506 e. The number of nitrogens with one attached hydrogen (secondary N) is 1. The van der Waals surface area contributed by atoms with Crippen LogP contribution in [0.2, 0.25) is 0 Å². The lowest BCUT2D eigenvalue weighted by Gasteiger charge is -2.11. The molecule has 184 valence electrons. The molecule has 0 aliphatic rings. The van der Waals surface area contributed by atoms with Gasteiger partial charge in [-0.15, -0.1) is 0 Å². The van der Waals surface area contributed by atoms with Crippen molar-refractivity contribution in [2.24, 2.45) is 5.92 Å². The summed E-state index contributed by atoms with van der Waals surface area (Å²) in [4.78, 5) is 24.1. The molecular formula is C26H34N2O6. The van der Waals surface area contributed by atoms with E-state index in [0.717, 1.165) is 24.8 Å². The van der Waals surface area contributed by atoms with Crippen molar-refractivity contribution in [1.29, 1.82) is 0 Å². The van der Waals surface area contributed by atoms with Gasteiger partial charge >= 0.3 is 5.97 Å². The maximum Gasteiger partial charge on any atom is 0.338 e. The van der Waals surface area contributed by atoms with Crippen molar-refractivity contribution in [2.75, 3.05) is 18.9 Å². The number of phenols is 2. The highest BCUT2D eigenvalue weighted by molar-refractivity contribution is 5.91. The predicted molar refractivity (Wildman–Crippen MR) is 131 cm³/mol.